The Morgan fingerprint density at radius 1 is 1.30 bits per heavy atom. The van der Waals surface area contributed by atoms with Crippen molar-refractivity contribution in [3.63, 3.8) is 0 Å². The van der Waals surface area contributed by atoms with Gasteiger partial charge in [0.1, 0.15) is 0 Å². The predicted molar refractivity (Wildman–Crippen MR) is 112 cm³/mol. The number of rotatable bonds is 6. The standard InChI is InChI=1S/C17H30N4S.HI/c1-4-18-17(20-13-16-6-5-14(2)22-16)19-10-7-15-8-11-21(3)12-9-15;/h5-6,15H,4,7-13H2,1-3H3,(H2,18,19,20);1H. The molecule has 23 heavy (non-hydrogen) atoms. The molecule has 0 bridgehead atoms. The lowest BCUT2D eigenvalue weighted by molar-refractivity contribution is 0.213. The van der Waals surface area contributed by atoms with Crippen molar-refractivity contribution < 1.29 is 0 Å². The Hall–Kier alpha value is -0.340. The van der Waals surface area contributed by atoms with Crippen LogP contribution in [0.25, 0.3) is 0 Å². The number of piperidine rings is 1. The summed E-state index contributed by atoms with van der Waals surface area (Å²) in [6.45, 7) is 9.44. The van der Waals surface area contributed by atoms with Gasteiger partial charge in [0.25, 0.3) is 0 Å². The number of aryl methyl sites for hydroxylation is 1. The molecule has 0 saturated carbocycles. The summed E-state index contributed by atoms with van der Waals surface area (Å²) in [5, 5.41) is 6.83. The molecule has 6 heteroatoms. The summed E-state index contributed by atoms with van der Waals surface area (Å²) < 4.78 is 0. The molecule has 1 fully saturated rings. The number of thiophene rings is 1. The van der Waals surface area contributed by atoms with E-state index in [9.17, 15) is 0 Å². The molecule has 2 heterocycles. The second kappa shape index (κ2) is 11.3. The quantitative estimate of drug-likeness (QED) is 0.396. The average molecular weight is 450 g/mol. The lowest BCUT2D eigenvalue weighted by Crippen LogP contribution is -2.39. The zero-order valence-electron chi connectivity index (χ0n) is 14.6. The highest BCUT2D eigenvalue weighted by Gasteiger charge is 2.16. The maximum absolute atomic E-state index is 4.69. The van der Waals surface area contributed by atoms with E-state index >= 15 is 0 Å². The van der Waals surface area contributed by atoms with Gasteiger partial charge in [-0.1, -0.05) is 0 Å². The zero-order valence-corrected chi connectivity index (χ0v) is 17.7. The van der Waals surface area contributed by atoms with Crippen LogP contribution in [-0.4, -0.2) is 44.1 Å². The Morgan fingerprint density at radius 3 is 2.65 bits per heavy atom. The average Bonchev–Trinajstić information content (AvgIpc) is 2.92. The van der Waals surface area contributed by atoms with Crippen LogP contribution >= 0.6 is 35.3 Å². The van der Waals surface area contributed by atoms with Gasteiger partial charge in [0.15, 0.2) is 5.96 Å². The molecule has 0 aromatic carbocycles. The first kappa shape index (κ1) is 20.7. The van der Waals surface area contributed by atoms with Gasteiger partial charge in [0.2, 0.25) is 0 Å². The largest absolute Gasteiger partial charge is 0.357 e. The van der Waals surface area contributed by atoms with Crippen LogP contribution in [0.15, 0.2) is 17.1 Å². The smallest absolute Gasteiger partial charge is 0.191 e. The molecule has 1 aliphatic heterocycles. The molecular weight excluding hydrogens is 419 g/mol. The summed E-state index contributed by atoms with van der Waals surface area (Å²) in [6, 6.07) is 4.33. The van der Waals surface area contributed by atoms with E-state index in [0.717, 1.165) is 31.5 Å². The van der Waals surface area contributed by atoms with Gasteiger partial charge >= 0.3 is 0 Å². The number of guanidine groups is 1. The van der Waals surface area contributed by atoms with Gasteiger partial charge in [-0.15, -0.1) is 35.3 Å². The maximum Gasteiger partial charge on any atom is 0.191 e. The van der Waals surface area contributed by atoms with Crippen molar-refractivity contribution >= 4 is 41.3 Å². The first-order chi connectivity index (χ1) is 10.7. The van der Waals surface area contributed by atoms with E-state index in [-0.39, 0.29) is 24.0 Å². The monoisotopic (exact) mass is 450 g/mol. The van der Waals surface area contributed by atoms with Crippen LogP contribution in [0.5, 0.6) is 0 Å². The number of halogens is 1. The molecule has 1 saturated heterocycles. The fourth-order valence-corrected chi connectivity index (χ4v) is 3.63. The first-order valence-corrected chi connectivity index (χ1v) is 9.25. The van der Waals surface area contributed by atoms with Crippen molar-refractivity contribution in [2.75, 3.05) is 33.2 Å². The number of nitrogens with zero attached hydrogens (tertiary/aromatic N) is 2. The van der Waals surface area contributed by atoms with E-state index in [0.29, 0.717) is 0 Å². The van der Waals surface area contributed by atoms with Crippen LogP contribution in [0, 0.1) is 12.8 Å². The van der Waals surface area contributed by atoms with Gasteiger partial charge in [-0.2, -0.15) is 0 Å². The maximum atomic E-state index is 4.69. The normalized spacial score (nSPS) is 16.9. The lowest BCUT2D eigenvalue weighted by atomic mass is 9.94. The van der Waals surface area contributed by atoms with Crippen molar-refractivity contribution in [1.82, 2.24) is 15.5 Å². The minimum atomic E-state index is 0. The Bertz CT molecular complexity index is 467. The number of hydrogen-bond acceptors (Lipinski definition) is 3. The van der Waals surface area contributed by atoms with E-state index < -0.39 is 0 Å². The number of nitrogens with one attached hydrogen (secondary N) is 2. The summed E-state index contributed by atoms with van der Waals surface area (Å²) >= 11 is 1.83. The SMILES string of the molecule is CCNC(=NCc1ccc(C)s1)NCCC1CCN(C)CC1.I. The Balaban J connectivity index is 0.00000264. The van der Waals surface area contributed by atoms with E-state index in [2.05, 4.69) is 53.6 Å². The minimum absolute atomic E-state index is 0. The van der Waals surface area contributed by atoms with E-state index in [1.807, 2.05) is 11.3 Å². The first-order valence-electron chi connectivity index (χ1n) is 8.43. The summed E-state index contributed by atoms with van der Waals surface area (Å²) in [4.78, 5) is 9.79. The van der Waals surface area contributed by atoms with E-state index in [1.165, 1.54) is 42.1 Å². The highest BCUT2D eigenvalue weighted by atomic mass is 127. The Kier molecular flexibility index (Phi) is 10.1. The van der Waals surface area contributed by atoms with Crippen molar-refractivity contribution in [1.29, 1.82) is 0 Å². The molecule has 0 aliphatic carbocycles. The van der Waals surface area contributed by atoms with E-state index in [4.69, 9.17) is 0 Å². The number of hydrogen-bond donors (Lipinski definition) is 2. The van der Waals surface area contributed by atoms with Gasteiger partial charge in [-0.05, 0) is 71.3 Å². The Morgan fingerprint density at radius 2 is 2.04 bits per heavy atom. The van der Waals surface area contributed by atoms with Gasteiger partial charge in [0, 0.05) is 22.8 Å². The second-order valence-electron chi connectivity index (χ2n) is 6.17. The van der Waals surface area contributed by atoms with Gasteiger partial charge in [-0.25, -0.2) is 4.99 Å². The van der Waals surface area contributed by atoms with Crippen LogP contribution < -0.4 is 10.6 Å². The number of likely N-dealkylation sites (tertiary alicyclic amines) is 1. The molecule has 0 atom stereocenters. The predicted octanol–water partition coefficient (Wildman–Crippen LogP) is 3.46. The molecule has 0 spiro atoms. The highest BCUT2D eigenvalue weighted by molar-refractivity contribution is 14.0. The van der Waals surface area contributed by atoms with Gasteiger partial charge in [0.05, 0.1) is 6.54 Å². The fraction of sp³-hybridized carbons (Fsp3) is 0.706. The van der Waals surface area contributed by atoms with E-state index in [1.54, 1.807) is 0 Å². The van der Waals surface area contributed by atoms with Gasteiger partial charge in [-0.3, -0.25) is 0 Å². The molecule has 0 radical (unpaired) electrons. The molecule has 2 rings (SSSR count). The molecule has 0 amide bonds. The summed E-state index contributed by atoms with van der Waals surface area (Å²) in [5.41, 5.74) is 0. The third kappa shape index (κ3) is 7.85. The summed E-state index contributed by atoms with van der Waals surface area (Å²) in [6.07, 6.45) is 3.91. The fourth-order valence-electron chi connectivity index (χ4n) is 2.81. The topological polar surface area (TPSA) is 39.7 Å². The van der Waals surface area contributed by atoms with Crippen molar-refractivity contribution in [2.45, 2.75) is 39.7 Å². The molecule has 1 aliphatic rings. The highest BCUT2D eigenvalue weighted by Crippen LogP contribution is 2.18. The molecular formula is C17H31IN4S. The molecule has 1 aromatic heterocycles. The third-order valence-corrected chi connectivity index (χ3v) is 5.20. The number of aliphatic imine (C=N–C) groups is 1. The summed E-state index contributed by atoms with van der Waals surface area (Å²) in [5.74, 6) is 1.81. The summed E-state index contributed by atoms with van der Waals surface area (Å²) in [7, 11) is 2.22. The molecule has 2 N–H and O–H groups in total. The van der Waals surface area contributed by atoms with Crippen molar-refractivity contribution in [3.05, 3.63) is 21.9 Å². The van der Waals surface area contributed by atoms with Gasteiger partial charge < -0.3 is 15.5 Å². The van der Waals surface area contributed by atoms with Crippen molar-refractivity contribution in [2.24, 2.45) is 10.9 Å². The molecule has 0 unspecified atom stereocenters. The van der Waals surface area contributed by atoms with Crippen LogP contribution in [0.3, 0.4) is 0 Å². The van der Waals surface area contributed by atoms with Crippen LogP contribution in [0.1, 0.15) is 35.9 Å². The molecule has 4 nitrogen and oxygen atoms in total. The van der Waals surface area contributed by atoms with Crippen LogP contribution in [-0.2, 0) is 6.54 Å². The van der Waals surface area contributed by atoms with Crippen LogP contribution in [0.2, 0.25) is 0 Å². The third-order valence-electron chi connectivity index (χ3n) is 4.22. The molecule has 132 valence electrons. The minimum Gasteiger partial charge on any atom is -0.357 e. The van der Waals surface area contributed by atoms with Crippen molar-refractivity contribution in [3.8, 4) is 0 Å². The zero-order chi connectivity index (χ0) is 15.8. The molecule has 1 aromatic rings. The van der Waals surface area contributed by atoms with Crippen LogP contribution in [0.4, 0.5) is 0 Å². The Labute approximate surface area is 162 Å². The second-order valence-corrected chi connectivity index (χ2v) is 7.54. The lowest BCUT2D eigenvalue weighted by Gasteiger charge is -2.29.